The summed E-state index contributed by atoms with van der Waals surface area (Å²) in [4.78, 5) is 10.6. The summed E-state index contributed by atoms with van der Waals surface area (Å²) < 4.78 is 36.1. The normalized spacial score (nSPS) is 10.6. The van der Waals surface area contributed by atoms with Crippen molar-refractivity contribution < 1.29 is 38.4 Å². The molecule has 0 aromatic heterocycles. The number of carbonyl (C=O) groups excluding carboxylic acids is 1. The monoisotopic (exact) mass is 832 g/mol. The third-order valence-corrected chi connectivity index (χ3v) is 14.0. The number of alkyl halides is 3. The Balaban J connectivity index is 0.000000245. The van der Waals surface area contributed by atoms with Crippen molar-refractivity contribution in [2.45, 2.75) is 13.1 Å². The van der Waals surface area contributed by atoms with Crippen LogP contribution in [0.4, 0.5) is 13.2 Å². The van der Waals surface area contributed by atoms with Gasteiger partial charge < -0.3 is 4.79 Å². The summed E-state index contributed by atoms with van der Waals surface area (Å²) in [6, 6.07) is 68.3. The van der Waals surface area contributed by atoms with Crippen molar-refractivity contribution in [3.05, 3.63) is 224 Å². The molecule has 7 aromatic rings. The van der Waals surface area contributed by atoms with Gasteiger partial charge in [-0.05, 0) is 60.7 Å². The Morgan fingerprint density at radius 1 is 0.509 bits per heavy atom. The van der Waals surface area contributed by atoms with E-state index in [9.17, 15) is 18.0 Å². The van der Waals surface area contributed by atoms with Crippen LogP contribution in [0.1, 0.15) is 21.5 Å². The summed E-state index contributed by atoms with van der Waals surface area (Å²) >= 11 is 0. The van der Waals surface area contributed by atoms with Gasteiger partial charge in [-0.25, -0.2) is 0 Å². The largest absolute Gasteiger partial charge is 2.00 e. The standard InChI is InChI=1S/C30H24P2.C9H6F3O.C7H7.Pd/c1-5-15-25(16-6-1)31(26-17-7-2-8-18-26)29-23-13-14-24-30(29)32(27-19-9-3-10-20-27)28-21-11-4-12-22-28;1-6(13)7-2-4-8(5-3-7)9(10,11)12;1-7-5-3-2-4-6-7;/h1-24H;2-5H,1H2;2-5H,1H3;/q;2*-1;+2/p+2. The average Bonchev–Trinajstić information content (AvgIpc) is 3.18. The Kier molecular flexibility index (Phi) is 16.0. The van der Waals surface area contributed by atoms with Crippen molar-refractivity contribution in [2.24, 2.45) is 0 Å². The van der Waals surface area contributed by atoms with Crippen molar-refractivity contribution in [1.29, 1.82) is 0 Å². The van der Waals surface area contributed by atoms with Gasteiger partial charge in [-0.3, -0.25) is 0 Å². The van der Waals surface area contributed by atoms with Crippen LogP contribution >= 0.6 is 15.8 Å². The number of Topliss-reactive ketones (excluding diaryl/α,β-unsaturated/α-hetero) is 1. The summed E-state index contributed by atoms with van der Waals surface area (Å²) in [6.07, 6.45) is -4.36. The second kappa shape index (κ2) is 20.6. The summed E-state index contributed by atoms with van der Waals surface area (Å²) in [6.45, 7) is 5.11. The molecule has 0 N–H and O–H groups in total. The van der Waals surface area contributed by atoms with Crippen LogP contribution in [-0.2, 0) is 26.6 Å². The zero-order chi connectivity index (χ0) is 36.8. The number of carbonyl (C=O) groups is 1. The van der Waals surface area contributed by atoms with E-state index in [4.69, 9.17) is 0 Å². The Bertz CT molecular complexity index is 1920. The Morgan fingerprint density at radius 3 is 1.11 bits per heavy atom. The first-order valence-corrected chi connectivity index (χ1v) is 19.7. The molecule has 0 saturated carbocycles. The number of halogens is 3. The van der Waals surface area contributed by atoms with E-state index in [1.807, 2.05) is 31.2 Å². The molecule has 53 heavy (non-hydrogen) atoms. The summed E-state index contributed by atoms with van der Waals surface area (Å²) in [5.41, 5.74) is 0.605. The maximum atomic E-state index is 12.0. The van der Waals surface area contributed by atoms with Gasteiger partial charge in [0.2, 0.25) is 0 Å². The summed E-state index contributed by atoms with van der Waals surface area (Å²) in [5, 5.41) is 8.71. The molecule has 0 bridgehead atoms. The van der Waals surface area contributed by atoms with Gasteiger partial charge in [0, 0.05) is 5.78 Å². The minimum Gasteiger partial charge on any atom is -0.332 e. The average molecular weight is 833 g/mol. The van der Waals surface area contributed by atoms with Crippen molar-refractivity contribution in [3.63, 3.8) is 0 Å². The van der Waals surface area contributed by atoms with Gasteiger partial charge in [-0.15, -0.1) is 17.7 Å². The molecule has 0 fully saturated rings. The molecular weight excluding hydrogens is 794 g/mol. The van der Waals surface area contributed by atoms with Crippen LogP contribution in [0.2, 0.25) is 0 Å². The van der Waals surface area contributed by atoms with E-state index in [1.54, 1.807) is 0 Å². The zero-order valence-electron chi connectivity index (χ0n) is 29.0. The molecular formula is C46H39F3OP2Pd+2. The van der Waals surface area contributed by atoms with Crippen LogP contribution in [0.25, 0.3) is 0 Å². The van der Waals surface area contributed by atoms with Crippen LogP contribution in [0.3, 0.4) is 0 Å². The fourth-order valence-electron chi connectivity index (χ4n) is 5.62. The van der Waals surface area contributed by atoms with E-state index < -0.39 is 33.4 Å². The third-order valence-electron chi connectivity index (χ3n) is 8.11. The minimum absolute atomic E-state index is 0. The fourth-order valence-corrected chi connectivity index (χ4v) is 11.6. The van der Waals surface area contributed by atoms with E-state index in [1.165, 1.54) is 37.4 Å². The second-order valence-corrected chi connectivity index (χ2v) is 16.7. The molecule has 268 valence electrons. The predicted octanol–water partition coefficient (Wildman–Crippen LogP) is 9.18. The molecule has 7 aromatic carbocycles. The van der Waals surface area contributed by atoms with Crippen LogP contribution in [0.5, 0.6) is 0 Å². The van der Waals surface area contributed by atoms with Gasteiger partial charge in [-0.2, -0.15) is 56.0 Å². The predicted molar refractivity (Wildman–Crippen MR) is 218 cm³/mol. The quantitative estimate of drug-likeness (QED) is 0.0678. The van der Waals surface area contributed by atoms with Crippen LogP contribution in [0, 0.1) is 19.9 Å². The summed E-state index contributed by atoms with van der Waals surface area (Å²) in [5.74, 6) is -0.492. The van der Waals surface area contributed by atoms with E-state index in [-0.39, 0.29) is 26.0 Å². The molecule has 0 atom stereocenters. The minimum atomic E-state index is -4.36. The Hall–Kier alpha value is -4.61. The molecule has 7 heteroatoms. The van der Waals surface area contributed by atoms with Crippen molar-refractivity contribution in [2.75, 3.05) is 0 Å². The molecule has 0 aliphatic carbocycles. The second-order valence-electron chi connectivity index (χ2n) is 11.8. The molecule has 7 rings (SSSR count). The molecule has 0 heterocycles. The van der Waals surface area contributed by atoms with E-state index in [2.05, 4.69) is 159 Å². The molecule has 0 amide bonds. The van der Waals surface area contributed by atoms with E-state index >= 15 is 0 Å². The number of aryl methyl sites for hydroxylation is 1. The SMILES string of the molecule is Cc1[c-]cccc1.[CH2-]C(=O)c1ccc(C(F)(F)F)cc1.[Pd+2].c1ccc([PH+](c2ccccc2)c2ccccc2[PH+](c2ccccc2)c2ccccc2)cc1. The van der Waals surface area contributed by atoms with Crippen molar-refractivity contribution in [1.82, 2.24) is 0 Å². The first kappa shape index (κ1) is 41.2. The number of hydrogen-bond acceptors (Lipinski definition) is 1. The van der Waals surface area contributed by atoms with Crippen molar-refractivity contribution >= 4 is 53.5 Å². The Labute approximate surface area is 327 Å². The number of rotatable bonds is 7. The topological polar surface area (TPSA) is 17.1 Å². The Morgan fingerprint density at radius 2 is 0.849 bits per heavy atom. The van der Waals surface area contributed by atoms with Crippen LogP contribution < -0.4 is 31.8 Å². The smallest absolute Gasteiger partial charge is 0.332 e. The van der Waals surface area contributed by atoms with E-state index in [0.29, 0.717) is 0 Å². The first-order valence-electron chi connectivity index (χ1n) is 16.7. The molecule has 0 aliphatic rings. The van der Waals surface area contributed by atoms with Gasteiger partial charge in [0.15, 0.2) is 0 Å². The molecule has 0 unspecified atom stereocenters. The molecule has 0 spiro atoms. The molecule has 0 radical (unpaired) electrons. The zero-order valence-corrected chi connectivity index (χ0v) is 32.6. The van der Waals surface area contributed by atoms with Crippen LogP contribution in [0.15, 0.2) is 194 Å². The number of hydrogen-bond donors (Lipinski definition) is 0. The summed E-state index contributed by atoms with van der Waals surface area (Å²) in [7, 11) is -2.28. The van der Waals surface area contributed by atoms with E-state index in [0.717, 1.165) is 24.3 Å². The van der Waals surface area contributed by atoms with Crippen LogP contribution in [-0.4, -0.2) is 5.78 Å². The van der Waals surface area contributed by atoms with Gasteiger partial charge in [0.05, 0.1) is 5.56 Å². The number of benzene rings is 7. The van der Waals surface area contributed by atoms with Gasteiger partial charge >= 0.3 is 26.6 Å². The van der Waals surface area contributed by atoms with Crippen molar-refractivity contribution in [3.8, 4) is 0 Å². The fraction of sp³-hybridized carbons (Fsp3) is 0.0435. The maximum Gasteiger partial charge on any atom is 2.00 e. The molecule has 0 aliphatic heterocycles. The van der Waals surface area contributed by atoms with Gasteiger partial charge in [-0.1, -0.05) is 104 Å². The maximum absolute atomic E-state index is 12.0. The number of ketones is 1. The molecule has 0 saturated heterocycles. The third kappa shape index (κ3) is 12.0. The molecule has 1 nitrogen and oxygen atoms in total. The van der Waals surface area contributed by atoms with Gasteiger partial charge in [0.1, 0.15) is 47.7 Å². The first-order chi connectivity index (χ1) is 25.2. The van der Waals surface area contributed by atoms with Gasteiger partial charge in [0.25, 0.3) is 0 Å².